The Morgan fingerprint density at radius 2 is 2.06 bits per heavy atom. The van der Waals surface area contributed by atoms with E-state index in [-0.39, 0.29) is 5.56 Å². The maximum atomic E-state index is 14.8. The second kappa shape index (κ2) is 9.01. The van der Waals surface area contributed by atoms with E-state index in [1.807, 2.05) is 0 Å². The molecule has 10 heteroatoms. The molecule has 3 heterocycles. The molecule has 1 aliphatic rings. The molecule has 0 bridgehead atoms. The number of aromatic nitrogens is 3. The second-order valence-corrected chi connectivity index (χ2v) is 7.37. The van der Waals surface area contributed by atoms with Crippen molar-refractivity contribution >= 4 is 5.82 Å². The number of alkyl halides is 3. The minimum atomic E-state index is -5.79. The lowest BCUT2D eigenvalue weighted by Gasteiger charge is -2.26. The number of hydrogen-bond donors (Lipinski definition) is 2. The van der Waals surface area contributed by atoms with Crippen molar-refractivity contribution in [2.45, 2.75) is 44.8 Å². The molecule has 1 atom stereocenters. The van der Waals surface area contributed by atoms with Crippen molar-refractivity contribution in [2.24, 2.45) is 0 Å². The van der Waals surface area contributed by atoms with Crippen LogP contribution in [0.5, 0.6) is 5.75 Å². The van der Waals surface area contributed by atoms with Crippen LogP contribution in [0.1, 0.15) is 52.6 Å². The lowest BCUT2D eigenvalue weighted by molar-refractivity contribution is -0.198. The molecular weight excluding hydrogens is 438 g/mol. The Morgan fingerprint density at radius 1 is 1.27 bits per heavy atom. The van der Waals surface area contributed by atoms with Crippen molar-refractivity contribution in [3.8, 4) is 16.9 Å². The average molecular weight is 472 g/mol. The third-order valence-electron chi connectivity index (χ3n) is 5.15. The number of nitrogens with one attached hydrogen (secondary N) is 1. The number of rotatable bonds is 5. The van der Waals surface area contributed by atoms with Crippen molar-refractivity contribution in [3.63, 3.8) is 0 Å². The monoisotopic (exact) mass is 471 g/mol. The van der Waals surface area contributed by atoms with Crippen LogP contribution in [0.15, 0.2) is 36.8 Å². The summed E-state index contributed by atoms with van der Waals surface area (Å²) < 4.78 is 128. The number of ether oxygens (including phenoxy) is 1. The topological polar surface area (TPSA) is 78.0 Å². The van der Waals surface area contributed by atoms with Crippen LogP contribution >= 0.6 is 0 Å². The molecule has 0 amide bonds. The van der Waals surface area contributed by atoms with Crippen LogP contribution < -0.4 is 15.8 Å². The van der Waals surface area contributed by atoms with Gasteiger partial charge in [-0.3, -0.25) is 4.68 Å². The van der Waals surface area contributed by atoms with Crippen molar-refractivity contribution in [2.75, 3.05) is 18.8 Å². The Bertz CT molecular complexity index is 1440. The third-order valence-corrected chi connectivity index (χ3v) is 5.15. The SMILES string of the molecule is [2H]C([2H])([2H])c1ccc(F)c(C([2H])([2H])[2H])c1C([2H])(Oc1cc(-c2cnn(C3([2H])CCNCC3)c2)cnc1N)C(F)(F)F. The largest absolute Gasteiger partial charge is 0.472 e. The van der Waals surface area contributed by atoms with Crippen LogP contribution in [0.4, 0.5) is 23.4 Å². The molecule has 4 rings (SSSR count). The fourth-order valence-corrected chi connectivity index (χ4v) is 3.46. The van der Waals surface area contributed by atoms with Crippen molar-refractivity contribution < 1.29 is 33.3 Å². The first-order valence-corrected chi connectivity index (χ1v) is 9.89. The number of piperidine rings is 1. The molecule has 3 N–H and O–H groups in total. The van der Waals surface area contributed by atoms with E-state index in [1.54, 1.807) is 0 Å². The molecule has 1 aromatic carbocycles. The lowest BCUT2D eigenvalue weighted by atomic mass is 9.97. The standard InChI is InChI=1S/C23H25F4N5O/c1-13-3-4-18(24)14(2)20(13)21(23(25,26)27)33-19-9-15(10-30-22(19)28)16-11-31-32(12-16)17-5-7-29-8-6-17/h3-4,9-12,17,21,29H,5-8H2,1-2H3,(H2,28,30)/i1D3,2D3,17D,21D. The average Bonchev–Trinajstić information content (AvgIpc) is 3.35. The Morgan fingerprint density at radius 3 is 2.76 bits per heavy atom. The summed E-state index contributed by atoms with van der Waals surface area (Å²) in [7, 11) is 0. The quantitative estimate of drug-likeness (QED) is 0.518. The van der Waals surface area contributed by atoms with E-state index in [4.69, 9.17) is 21.4 Å². The highest BCUT2D eigenvalue weighted by atomic mass is 19.4. The predicted molar refractivity (Wildman–Crippen MR) is 116 cm³/mol. The van der Waals surface area contributed by atoms with Gasteiger partial charge < -0.3 is 15.8 Å². The van der Waals surface area contributed by atoms with Crippen LogP contribution in [0.3, 0.4) is 0 Å². The summed E-state index contributed by atoms with van der Waals surface area (Å²) in [5.41, 5.74) is 1.62. The lowest BCUT2D eigenvalue weighted by Crippen LogP contribution is -2.29. The van der Waals surface area contributed by atoms with E-state index >= 15 is 0 Å². The Labute approximate surface area is 200 Å². The van der Waals surface area contributed by atoms with Gasteiger partial charge in [-0.15, -0.1) is 0 Å². The summed E-state index contributed by atoms with van der Waals surface area (Å²) in [6.07, 6.45) is -5.33. The van der Waals surface area contributed by atoms with Crippen LogP contribution in [0, 0.1) is 19.5 Å². The normalized spacial score (nSPS) is 22.3. The number of hydrogen-bond acceptors (Lipinski definition) is 5. The van der Waals surface area contributed by atoms with Crippen LogP contribution in [0.25, 0.3) is 11.1 Å². The van der Waals surface area contributed by atoms with Crippen LogP contribution in [0.2, 0.25) is 0 Å². The summed E-state index contributed by atoms with van der Waals surface area (Å²) in [5.74, 6) is -3.16. The maximum absolute atomic E-state index is 14.8. The molecule has 0 spiro atoms. The highest BCUT2D eigenvalue weighted by Gasteiger charge is 2.45. The zero-order chi connectivity index (χ0) is 30.6. The van der Waals surface area contributed by atoms with E-state index in [1.165, 1.54) is 23.3 Å². The molecule has 0 saturated carbocycles. The summed E-state index contributed by atoms with van der Waals surface area (Å²) in [4.78, 5) is 3.83. The van der Waals surface area contributed by atoms with Gasteiger partial charge in [-0.25, -0.2) is 9.37 Å². The van der Waals surface area contributed by atoms with Gasteiger partial charge >= 0.3 is 6.18 Å². The van der Waals surface area contributed by atoms with Crippen LogP contribution in [-0.2, 0) is 0 Å². The second-order valence-electron chi connectivity index (χ2n) is 7.37. The number of nitrogen functional groups attached to an aromatic ring is 1. The number of nitrogens with two attached hydrogens (primary N) is 1. The molecule has 1 fully saturated rings. The minimum Gasteiger partial charge on any atom is -0.472 e. The van der Waals surface area contributed by atoms with Crippen LogP contribution in [-0.4, -0.2) is 34.0 Å². The van der Waals surface area contributed by atoms with Gasteiger partial charge in [0.05, 0.1) is 15.0 Å². The first-order valence-electron chi connectivity index (χ1n) is 13.9. The van der Waals surface area contributed by atoms with Gasteiger partial charge in [0.1, 0.15) is 5.82 Å². The molecule has 1 unspecified atom stereocenters. The number of nitrogens with zero attached hydrogens (tertiary/aromatic N) is 3. The summed E-state index contributed by atoms with van der Waals surface area (Å²) in [5, 5.41) is 7.34. The number of pyridine rings is 1. The molecule has 176 valence electrons. The third kappa shape index (κ3) is 4.80. The molecule has 0 radical (unpaired) electrons. The highest BCUT2D eigenvalue weighted by molar-refractivity contribution is 5.66. The van der Waals surface area contributed by atoms with E-state index in [9.17, 15) is 17.6 Å². The number of anilines is 1. The fraction of sp³-hybridized carbons (Fsp3) is 0.391. The van der Waals surface area contributed by atoms with Gasteiger partial charge in [-0.05, 0) is 62.9 Å². The Balaban J connectivity index is 1.87. The first-order chi connectivity index (χ1) is 18.8. The number of benzene rings is 1. The minimum absolute atomic E-state index is 0.119. The highest BCUT2D eigenvalue weighted by Crippen LogP contribution is 2.41. The molecule has 0 aliphatic carbocycles. The van der Waals surface area contributed by atoms with Crippen molar-refractivity contribution in [3.05, 3.63) is 59.3 Å². The molecule has 1 saturated heterocycles. The molecule has 33 heavy (non-hydrogen) atoms. The van der Waals surface area contributed by atoms with Gasteiger partial charge in [0.2, 0.25) is 6.08 Å². The van der Waals surface area contributed by atoms with Gasteiger partial charge in [0, 0.05) is 37.3 Å². The van der Waals surface area contributed by atoms with E-state index in [0.29, 0.717) is 43.6 Å². The van der Waals surface area contributed by atoms with Gasteiger partial charge in [-0.1, -0.05) is 6.07 Å². The Kier molecular flexibility index (Phi) is 4.07. The van der Waals surface area contributed by atoms with Gasteiger partial charge in [0.25, 0.3) is 0 Å². The Hall–Kier alpha value is -3.14. The molecule has 3 aromatic rings. The smallest absolute Gasteiger partial charge is 0.429 e. The van der Waals surface area contributed by atoms with Gasteiger partial charge in [-0.2, -0.15) is 18.3 Å². The van der Waals surface area contributed by atoms with Crippen molar-refractivity contribution in [1.29, 1.82) is 0 Å². The fourth-order valence-electron chi connectivity index (χ4n) is 3.46. The van der Waals surface area contributed by atoms with E-state index in [0.717, 1.165) is 6.07 Å². The summed E-state index contributed by atoms with van der Waals surface area (Å²) in [6, 6.07) is 0.807. The number of halogens is 4. The maximum Gasteiger partial charge on any atom is 0.429 e. The van der Waals surface area contributed by atoms with E-state index in [2.05, 4.69) is 15.4 Å². The molecule has 1 aliphatic heterocycles. The van der Waals surface area contributed by atoms with E-state index < -0.39 is 66.1 Å². The zero-order valence-electron chi connectivity index (χ0n) is 25.1. The number of aryl methyl sites for hydroxylation is 1. The summed E-state index contributed by atoms with van der Waals surface area (Å²) >= 11 is 0. The zero-order valence-corrected chi connectivity index (χ0v) is 17.1. The molecular formula is C23H25F4N5O. The predicted octanol–water partition coefficient (Wildman–Crippen LogP) is 4.89. The first kappa shape index (κ1) is 14.9. The molecule has 2 aromatic heterocycles. The van der Waals surface area contributed by atoms with Gasteiger partial charge in [0.15, 0.2) is 11.6 Å². The van der Waals surface area contributed by atoms with Crippen molar-refractivity contribution in [1.82, 2.24) is 20.1 Å². The molecule has 6 nitrogen and oxygen atoms in total. The summed E-state index contributed by atoms with van der Waals surface area (Å²) in [6.45, 7) is -5.81.